The Morgan fingerprint density at radius 2 is 1.05 bits per heavy atom. The van der Waals surface area contributed by atoms with Crippen LogP contribution in [0.25, 0.3) is 11.1 Å². The van der Waals surface area contributed by atoms with Gasteiger partial charge in [0, 0.05) is 0 Å². The molecule has 1 N–H and O–H groups in total. The summed E-state index contributed by atoms with van der Waals surface area (Å²) in [6, 6.07) is 32.8. The van der Waals surface area contributed by atoms with Crippen molar-refractivity contribution in [3.63, 3.8) is 0 Å². The van der Waals surface area contributed by atoms with Gasteiger partial charge < -0.3 is 14.6 Å². The molecular formula is C37H40O6. The highest BCUT2D eigenvalue weighted by Crippen LogP contribution is 2.22. The van der Waals surface area contributed by atoms with E-state index in [1.165, 1.54) is 24.3 Å². The Kier molecular flexibility index (Phi) is 12.7. The number of rotatable bonds is 11. The molecule has 0 spiro atoms. The summed E-state index contributed by atoms with van der Waals surface area (Å²) in [6.07, 6.45) is 2.79. The van der Waals surface area contributed by atoms with Gasteiger partial charge >= 0.3 is 17.9 Å². The molecule has 0 radical (unpaired) electrons. The van der Waals surface area contributed by atoms with Crippen LogP contribution in [0.1, 0.15) is 89.7 Å². The van der Waals surface area contributed by atoms with Gasteiger partial charge in [-0.05, 0) is 79.3 Å². The summed E-state index contributed by atoms with van der Waals surface area (Å²) in [5, 5.41) is 8.79. The second-order valence-electron chi connectivity index (χ2n) is 10.4. The van der Waals surface area contributed by atoms with Crippen LogP contribution in [0.2, 0.25) is 0 Å². The highest BCUT2D eigenvalue weighted by Gasteiger charge is 2.16. The van der Waals surface area contributed by atoms with E-state index >= 15 is 0 Å². The predicted molar refractivity (Wildman–Crippen MR) is 169 cm³/mol. The largest absolute Gasteiger partial charge is 0.478 e. The van der Waals surface area contributed by atoms with Crippen LogP contribution in [0.15, 0.2) is 109 Å². The lowest BCUT2D eigenvalue weighted by molar-refractivity contribution is 0.0283. The normalized spacial score (nSPS) is 11.9. The van der Waals surface area contributed by atoms with Crippen molar-refractivity contribution in [2.75, 3.05) is 0 Å². The van der Waals surface area contributed by atoms with E-state index in [0.717, 1.165) is 36.0 Å². The van der Waals surface area contributed by atoms with Crippen LogP contribution in [0.5, 0.6) is 0 Å². The number of carboxylic acids is 1. The summed E-state index contributed by atoms with van der Waals surface area (Å²) < 4.78 is 10.9. The molecule has 0 bridgehead atoms. The molecule has 0 heterocycles. The molecule has 4 aromatic carbocycles. The lowest BCUT2D eigenvalue weighted by Crippen LogP contribution is -2.18. The molecule has 0 aromatic heterocycles. The number of benzene rings is 4. The van der Waals surface area contributed by atoms with Gasteiger partial charge in [0.2, 0.25) is 0 Å². The van der Waals surface area contributed by atoms with Gasteiger partial charge in [0.05, 0.1) is 22.8 Å². The fourth-order valence-corrected chi connectivity index (χ4v) is 4.59. The molecule has 6 nitrogen and oxygen atoms in total. The Hall–Kier alpha value is -4.71. The lowest BCUT2D eigenvalue weighted by Gasteiger charge is -2.18. The van der Waals surface area contributed by atoms with Gasteiger partial charge in [-0.25, -0.2) is 14.4 Å². The molecular weight excluding hydrogens is 540 g/mol. The smallest absolute Gasteiger partial charge is 0.338 e. The third-order valence-electron chi connectivity index (χ3n) is 7.28. The van der Waals surface area contributed by atoms with Gasteiger partial charge in [-0.2, -0.15) is 0 Å². The van der Waals surface area contributed by atoms with Crippen LogP contribution in [0.4, 0.5) is 0 Å². The number of aromatic carboxylic acids is 1. The van der Waals surface area contributed by atoms with Gasteiger partial charge in [-0.1, -0.05) is 99.5 Å². The SMILES string of the molecule is CCC(CC)C[C@@H](C)OC(=O)c1ccc(-c2ccccc2)cc1.C[C@@H](OC(=O)c1ccc(C(=O)O)cc1)c1ccccc1. The second kappa shape index (κ2) is 16.7. The summed E-state index contributed by atoms with van der Waals surface area (Å²) in [5.74, 6) is -1.11. The molecule has 6 heteroatoms. The number of ether oxygens (including phenoxy) is 2. The summed E-state index contributed by atoms with van der Waals surface area (Å²) in [6.45, 7) is 8.14. The first-order valence-electron chi connectivity index (χ1n) is 14.7. The zero-order valence-corrected chi connectivity index (χ0v) is 25.2. The van der Waals surface area contributed by atoms with Crippen LogP contribution in [0, 0.1) is 5.92 Å². The number of esters is 2. The molecule has 0 amide bonds. The van der Waals surface area contributed by atoms with E-state index in [1.807, 2.05) is 79.7 Å². The van der Waals surface area contributed by atoms with E-state index in [-0.39, 0.29) is 23.7 Å². The molecule has 0 unspecified atom stereocenters. The second-order valence-corrected chi connectivity index (χ2v) is 10.4. The van der Waals surface area contributed by atoms with Crippen molar-refractivity contribution in [3.8, 4) is 11.1 Å². The quantitative estimate of drug-likeness (QED) is 0.178. The molecule has 0 aliphatic heterocycles. The number of carbonyl (C=O) groups is 3. The summed E-state index contributed by atoms with van der Waals surface area (Å²) in [7, 11) is 0. The molecule has 224 valence electrons. The van der Waals surface area contributed by atoms with Gasteiger partial charge in [0.15, 0.2) is 0 Å². The third-order valence-corrected chi connectivity index (χ3v) is 7.28. The fraction of sp³-hybridized carbons (Fsp3) is 0.270. The van der Waals surface area contributed by atoms with Crippen molar-refractivity contribution in [2.45, 2.75) is 59.2 Å². The van der Waals surface area contributed by atoms with E-state index in [0.29, 0.717) is 17.0 Å². The summed E-state index contributed by atoms with van der Waals surface area (Å²) in [4.78, 5) is 34.9. The zero-order chi connectivity index (χ0) is 31.2. The number of carboxylic acid groups (broad SMARTS) is 1. The molecule has 2 atom stereocenters. The van der Waals surface area contributed by atoms with Crippen LogP contribution in [-0.4, -0.2) is 29.1 Å². The molecule has 4 rings (SSSR count). The Labute approximate surface area is 254 Å². The van der Waals surface area contributed by atoms with Crippen LogP contribution < -0.4 is 0 Å². The minimum absolute atomic E-state index is 0.0406. The Balaban J connectivity index is 0.000000238. The van der Waals surface area contributed by atoms with Gasteiger partial charge in [0.1, 0.15) is 6.10 Å². The van der Waals surface area contributed by atoms with Gasteiger partial charge in [-0.15, -0.1) is 0 Å². The maximum atomic E-state index is 12.2. The standard InChI is InChI=1S/C21H26O2.C16H14O4/c1-4-17(5-2)15-16(3)23-21(22)20-13-11-19(12-14-20)18-9-7-6-8-10-18;1-11(12-5-3-2-4-6-12)20-16(19)14-9-7-13(8-10-14)15(17)18/h6-14,16-17H,4-5,15H2,1-3H3;2-11H,1H3,(H,17,18)/t16-;11-/m11/s1. The van der Waals surface area contributed by atoms with Crippen molar-refractivity contribution >= 4 is 17.9 Å². The highest BCUT2D eigenvalue weighted by molar-refractivity contribution is 5.92. The van der Waals surface area contributed by atoms with E-state index < -0.39 is 11.9 Å². The van der Waals surface area contributed by atoms with Gasteiger partial charge in [0.25, 0.3) is 0 Å². The van der Waals surface area contributed by atoms with Crippen LogP contribution in [-0.2, 0) is 9.47 Å². The minimum atomic E-state index is -1.03. The first kappa shape index (κ1) is 32.8. The van der Waals surface area contributed by atoms with Gasteiger partial charge in [-0.3, -0.25) is 0 Å². The third kappa shape index (κ3) is 10.3. The molecule has 43 heavy (non-hydrogen) atoms. The van der Waals surface area contributed by atoms with E-state index in [9.17, 15) is 14.4 Å². The van der Waals surface area contributed by atoms with Crippen molar-refractivity contribution < 1.29 is 29.0 Å². The van der Waals surface area contributed by atoms with Crippen molar-refractivity contribution in [2.24, 2.45) is 5.92 Å². The average Bonchev–Trinajstić information content (AvgIpc) is 3.04. The monoisotopic (exact) mass is 580 g/mol. The van der Waals surface area contributed by atoms with Crippen LogP contribution in [0.3, 0.4) is 0 Å². The predicted octanol–water partition coefficient (Wildman–Crippen LogP) is 9.03. The molecule has 0 saturated heterocycles. The van der Waals surface area contributed by atoms with E-state index in [1.54, 1.807) is 6.92 Å². The topological polar surface area (TPSA) is 89.9 Å². The Morgan fingerprint density at radius 3 is 1.56 bits per heavy atom. The first-order chi connectivity index (χ1) is 20.7. The fourth-order valence-electron chi connectivity index (χ4n) is 4.59. The van der Waals surface area contributed by atoms with E-state index in [4.69, 9.17) is 14.6 Å². The van der Waals surface area contributed by atoms with Crippen molar-refractivity contribution in [1.29, 1.82) is 0 Å². The number of hydrogen-bond acceptors (Lipinski definition) is 5. The minimum Gasteiger partial charge on any atom is -0.478 e. The number of carbonyl (C=O) groups excluding carboxylic acids is 2. The lowest BCUT2D eigenvalue weighted by atomic mass is 9.97. The van der Waals surface area contributed by atoms with Crippen LogP contribution >= 0.6 is 0 Å². The maximum Gasteiger partial charge on any atom is 0.338 e. The number of hydrogen-bond donors (Lipinski definition) is 1. The zero-order valence-electron chi connectivity index (χ0n) is 25.2. The van der Waals surface area contributed by atoms with E-state index in [2.05, 4.69) is 26.0 Å². The molecule has 0 aliphatic carbocycles. The average molecular weight is 581 g/mol. The molecule has 0 aliphatic rings. The Bertz CT molecular complexity index is 1430. The molecule has 4 aromatic rings. The molecule has 0 fully saturated rings. The highest BCUT2D eigenvalue weighted by atomic mass is 16.5. The Morgan fingerprint density at radius 1 is 0.605 bits per heavy atom. The first-order valence-corrected chi connectivity index (χ1v) is 14.7. The molecule has 0 saturated carbocycles. The maximum absolute atomic E-state index is 12.2. The van der Waals surface area contributed by atoms with Crippen molar-refractivity contribution in [1.82, 2.24) is 0 Å². The summed E-state index contributed by atoms with van der Waals surface area (Å²) >= 11 is 0. The van der Waals surface area contributed by atoms with Crippen molar-refractivity contribution in [3.05, 3.63) is 131 Å². The summed E-state index contributed by atoms with van der Waals surface area (Å²) in [5.41, 5.74) is 4.24.